The third-order valence-corrected chi connectivity index (χ3v) is 5.44. The van der Waals surface area contributed by atoms with Crippen molar-refractivity contribution in [1.29, 1.82) is 0 Å². The topological polar surface area (TPSA) is 94.2 Å². The zero-order valence-corrected chi connectivity index (χ0v) is 20.7. The summed E-state index contributed by atoms with van der Waals surface area (Å²) in [5, 5.41) is 5.90. The average Bonchev–Trinajstić information content (AvgIpc) is 2.80. The number of nitrogens with zero attached hydrogens (tertiary/aromatic N) is 2. The number of hydrogen-bond donors (Lipinski definition) is 1. The molecule has 8 heteroatoms. The van der Waals surface area contributed by atoms with Gasteiger partial charge in [-0.05, 0) is 67.8 Å². The number of aryl methyl sites for hydroxylation is 2. The van der Waals surface area contributed by atoms with Gasteiger partial charge < -0.3 is 15.2 Å². The molecule has 0 aliphatic rings. The van der Waals surface area contributed by atoms with Crippen molar-refractivity contribution in [3.63, 3.8) is 0 Å². The first-order chi connectivity index (χ1) is 16.8. The molecule has 3 aromatic carbocycles. The summed E-state index contributed by atoms with van der Waals surface area (Å²) in [4.78, 5) is 24.0. The standard InChI is InChI=1S/C27H28ClN3O4/c1-4-34-25-13-20(9-11-24(25)35-17-21-7-5-6-18(2)12-21)16-30-31(27(33)15-26(29)32)22-10-8-19(3)23(28)14-22/h5-14,16H,4,15,17H2,1-3H3,(H2,29,32). The van der Waals surface area contributed by atoms with Gasteiger partial charge in [-0.1, -0.05) is 47.5 Å². The van der Waals surface area contributed by atoms with Crippen LogP contribution >= 0.6 is 11.6 Å². The maximum Gasteiger partial charge on any atom is 0.256 e. The minimum Gasteiger partial charge on any atom is -0.490 e. The van der Waals surface area contributed by atoms with Crippen molar-refractivity contribution in [2.45, 2.75) is 33.8 Å². The van der Waals surface area contributed by atoms with Crippen LogP contribution in [0.2, 0.25) is 5.02 Å². The second-order valence-corrected chi connectivity index (χ2v) is 8.35. The van der Waals surface area contributed by atoms with Crippen LogP contribution in [0.25, 0.3) is 0 Å². The molecule has 3 rings (SSSR count). The Morgan fingerprint density at radius 2 is 1.83 bits per heavy atom. The van der Waals surface area contributed by atoms with E-state index in [0.717, 1.165) is 21.7 Å². The van der Waals surface area contributed by atoms with E-state index in [1.54, 1.807) is 36.4 Å². The van der Waals surface area contributed by atoms with Crippen LogP contribution in [0.3, 0.4) is 0 Å². The first-order valence-corrected chi connectivity index (χ1v) is 11.5. The number of ether oxygens (including phenoxy) is 2. The fourth-order valence-electron chi connectivity index (χ4n) is 3.29. The van der Waals surface area contributed by atoms with Crippen LogP contribution in [0.4, 0.5) is 5.69 Å². The fourth-order valence-corrected chi connectivity index (χ4v) is 3.47. The number of hydrogen-bond acceptors (Lipinski definition) is 5. The van der Waals surface area contributed by atoms with Crippen LogP contribution in [0, 0.1) is 13.8 Å². The van der Waals surface area contributed by atoms with E-state index >= 15 is 0 Å². The zero-order valence-electron chi connectivity index (χ0n) is 20.0. The van der Waals surface area contributed by atoms with Gasteiger partial charge in [-0.15, -0.1) is 0 Å². The number of carbonyl (C=O) groups excluding carboxylic acids is 2. The molecular formula is C27H28ClN3O4. The van der Waals surface area contributed by atoms with Crippen molar-refractivity contribution < 1.29 is 19.1 Å². The van der Waals surface area contributed by atoms with E-state index in [0.29, 0.717) is 41.0 Å². The molecule has 3 aromatic rings. The van der Waals surface area contributed by atoms with Gasteiger partial charge in [0.05, 0.1) is 18.5 Å². The van der Waals surface area contributed by atoms with Crippen LogP contribution in [0.1, 0.15) is 35.6 Å². The minimum absolute atomic E-state index is 0.402. The molecule has 0 heterocycles. The van der Waals surface area contributed by atoms with Gasteiger partial charge in [-0.25, -0.2) is 5.01 Å². The van der Waals surface area contributed by atoms with Crippen molar-refractivity contribution >= 4 is 35.3 Å². The monoisotopic (exact) mass is 493 g/mol. The Balaban J connectivity index is 1.85. The Bertz CT molecular complexity index is 1240. The Hall–Kier alpha value is -3.84. The second kappa shape index (κ2) is 12.0. The summed E-state index contributed by atoms with van der Waals surface area (Å²) in [5.74, 6) is -0.172. The number of rotatable bonds is 10. The highest BCUT2D eigenvalue weighted by molar-refractivity contribution is 6.31. The number of nitrogens with two attached hydrogens (primary N) is 1. The minimum atomic E-state index is -0.748. The molecule has 0 spiro atoms. The van der Waals surface area contributed by atoms with Gasteiger partial charge in [-0.3, -0.25) is 9.59 Å². The van der Waals surface area contributed by atoms with Crippen LogP contribution in [-0.2, 0) is 16.2 Å². The number of amides is 2. The normalized spacial score (nSPS) is 10.9. The van der Waals surface area contributed by atoms with E-state index in [-0.39, 0.29) is 0 Å². The molecule has 0 atom stereocenters. The molecule has 2 N–H and O–H groups in total. The van der Waals surface area contributed by atoms with Crippen molar-refractivity contribution in [2.24, 2.45) is 10.8 Å². The maximum atomic E-state index is 12.7. The first-order valence-electron chi connectivity index (χ1n) is 11.1. The van der Waals surface area contributed by atoms with E-state index < -0.39 is 18.2 Å². The maximum absolute atomic E-state index is 12.7. The molecule has 7 nitrogen and oxygen atoms in total. The Morgan fingerprint density at radius 3 is 2.51 bits per heavy atom. The second-order valence-electron chi connectivity index (χ2n) is 7.94. The Kier molecular flexibility index (Phi) is 8.86. The predicted octanol–water partition coefficient (Wildman–Crippen LogP) is 5.18. The Labute approximate surface area is 210 Å². The van der Waals surface area contributed by atoms with Crippen molar-refractivity contribution in [1.82, 2.24) is 0 Å². The molecule has 2 amide bonds. The molecule has 182 valence electrons. The lowest BCUT2D eigenvalue weighted by Gasteiger charge is -2.17. The van der Waals surface area contributed by atoms with E-state index in [2.05, 4.69) is 11.2 Å². The van der Waals surface area contributed by atoms with Crippen LogP contribution in [0.15, 0.2) is 65.8 Å². The van der Waals surface area contributed by atoms with Crippen LogP contribution in [0.5, 0.6) is 11.5 Å². The SMILES string of the molecule is CCOc1cc(C=NN(C(=O)CC(N)=O)c2ccc(C)c(Cl)c2)ccc1OCc1cccc(C)c1. The van der Waals surface area contributed by atoms with E-state index in [1.807, 2.05) is 39.0 Å². The summed E-state index contributed by atoms with van der Waals surface area (Å²) in [7, 11) is 0. The Morgan fingerprint density at radius 1 is 1.03 bits per heavy atom. The van der Waals surface area contributed by atoms with Gasteiger partial charge in [0, 0.05) is 5.02 Å². The van der Waals surface area contributed by atoms with E-state index in [1.165, 1.54) is 6.21 Å². The molecule has 0 saturated carbocycles. The molecule has 0 aliphatic heterocycles. The molecule has 0 bridgehead atoms. The van der Waals surface area contributed by atoms with E-state index in [4.69, 9.17) is 26.8 Å². The van der Waals surface area contributed by atoms with Crippen molar-refractivity contribution in [3.8, 4) is 11.5 Å². The highest BCUT2D eigenvalue weighted by Gasteiger charge is 2.18. The molecule has 0 saturated heterocycles. The molecular weight excluding hydrogens is 466 g/mol. The smallest absolute Gasteiger partial charge is 0.256 e. The highest BCUT2D eigenvalue weighted by atomic mass is 35.5. The van der Waals surface area contributed by atoms with Gasteiger partial charge in [-0.2, -0.15) is 5.10 Å². The quantitative estimate of drug-likeness (QED) is 0.239. The number of primary amides is 1. The number of anilines is 1. The predicted molar refractivity (Wildman–Crippen MR) is 138 cm³/mol. The van der Waals surface area contributed by atoms with Crippen molar-refractivity contribution in [3.05, 3.63) is 87.9 Å². The molecule has 0 aliphatic carbocycles. The third-order valence-electron chi connectivity index (χ3n) is 5.03. The van der Waals surface area contributed by atoms with Crippen LogP contribution in [-0.4, -0.2) is 24.6 Å². The molecule has 0 radical (unpaired) electrons. The van der Waals surface area contributed by atoms with Gasteiger partial charge in [0.1, 0.15) is 13.0 Å². The summed E-state index contributed by atoms with van der Waals surface area (Å²) >= 11 is 6.23. The van der Waals surface area contributed by atoms with Gasteiger partial charge >= 0.3 is 0 Å². The van der Waals surface area contributed by atoms with Gasteiger partial charge in [0.2, 0.25) is 5.91 Å². The van der Waals surface area contributed by atoms with Gasteiger partial charge in [0.15, 0.2) is 11.5 Å². The highest BCUT2D eigenvalue weighted by Crippen LogP contribution is 2.29. The number of halogens is 1. The average molecular weight is 494 g/mol. The van der Waals surface area contributed by atoms with Crippen LogP contribution < -0.4 is 20.2 Å². The van der Waals surface area contributed by atoms with E-state index in [9.17, 15) is 9.59 Å². The lowest BCUT2D eigenvalue weighted by Crippen LogP contribution is -2.30. The fraction of sp³-hybridized carbons (Fsp3) is 0.222. The summed E-state index contributed by atoms with van der Waals surface area (Å²) in [6.07, 6.45) is 1.01. The number of benzene rings is 3. The molecule has 35 heavy (non-hydrogen) atoms. The summed E-state index contributed by atoms with van der Waals surface area (Å²) < 4.78 is 11.8. The number of carbonyl (C=O) groups is 2. The first kappa shape index (κ1) is 25.8. The van der Waals surface area contributed by atoms with Crippen molar-refractivity contribution in [2.75, 3.05) is 11.6 Å². The lowest BCUT2D eigenvalue weighted by molar-refractivity contribution is -0.126. The zero-order chi connectivity index (χ0) is 25.4. The largest absolute Gasteiger partial charge is 0.490 e. The summed E-state index contributed by atoms with van der Waals surface area (Å²) in [5.41, 5.74) is 9.38. The summed E-state index contributed by atoms with van der Waals surface area (Å²) in [6, 6.07) is 18.5. The third kappa shape index (κ3) is 7.32. The number of hydrazone groups is 1. The molecule has 0 unspecified atom stereocenters. The lowest BCUT2D eigenvalue weighted by atomic mass is 10.1. The summed E-state index contributed by atoms with van der Waals surface area (Å²) in [6.45, 7) is 6.62. The molecule has 0 fully saturated rings. The van der Waals surface area contributed by atoms with Gasteiger partial charge in [0.25, 0.3) is 5.91 Å². The molecule has 0 aromatic heterocycles.